The van der Waals surface area contributed by atoms with Gasteiger partial charge in [0.2, 0.25) is 5.88 Å². The predicted octanol–water partition coefficient (Wildman–Crippen LogP) is 2.84. The number of aromatic hydroxyl groups is 1. The van der Waals surface area contributed by atoms with Crippen molar-refractivity contribution >= 4 is 18.2 Å². The Balaban J connectivity index is 2.25. The summed E-state index contributed by atoms with van der Waals surface area (Å²) in [6, 6.07) is 6.71. The van der Waals surface area contributed by atoms with Gasteiger partial charge in [-0.1, -0.05) is 25.1 Å². The summed E-state index contributed by atoms with van der Waals surface area (Å²) < 4.78 is 6.94. The average Bonchev–Trinajstić information content (AvgIpc) is 2.84. The third-order valence-electron chi connectivity index (χ3n) is 4.13. The minimum Gasteiger partial charge on any atom is -0.494 e. The summed E-state index contributed by atoms with van der Waals surface area (Å²) in [5, 5.41) is 10.6. The smallest absolute Gasteiger partial charge is 0.339 e. The minimum atomic E-state index is -0.937. The molecule has 2 heterocycles. The second-order valence-electron chi connectivity index (χ2n) is 5.50. The Bertz CT molecular complexity index is 900. The van der Waals surface area contributed by atoms with Gasteiger partial charge in [-0.05, 0) is 31.6 Å². The molecule has 0 spiro atoms. The van der Waals surface area contributed by atoms with Crippen molar-refractivity contribution in [3.8, 4) is 5.88 Å². The molecule has 1 aromatic heterocycles. The number of aromatic amines is 1. The van der Waals surface area contributed by atoms with Crippen molar-refractivity contribution in [2.75, 3.05) is 0 Å². The summed E-state index contributed by atoms with van der Waals surface area (Å²) in [7, 11) is 0. The maximum absolute atomic E-state index is 12.3. The third kappa shape index (κ3) is 2.37. The number of aromatic nitrogens is 2. The monoisotopic (exact) mass is 332 g/mol. The lowest BCUT2D eigenvalue weighted by atomic mass is 10.0. The van der Waals surface area contributed by atoms with Crippen LogP contribution in [0.15, 0.2) is 29.1 Å². The van der Waals surface area contributed by atoms with Crippen LogP contribution in [0.1, 0.15) is 53.9 Å². The van der Waals surface area contributed by atoms with Gasteiger partial charge < -0.3 is 9.84 Å². The Morgan fingerprint density at radius 3 is 2.78 bits per heavy atom. The van der Waals surface area contributed by atoms with Crippen LogP contribution in [0, 0.1) is 4.77 Å². The molecule has 0 radical (unpaired) electrons. The largest absolute Gasteiger partial charge is 0.494 e. The van der Waals surface area contributed by atoms with E-state index in [1.165, 1.54) is 4.57 Å². The maximum atomic E-state index is 12.3. The van der Waals surface area contributed by atoms with E-state index in [0.717, 1.165) is 0 Å². The van der Waals surface area contributed by atoms with Crippen molar-refractivity contribution in [1.82, 2.24) is 9.55 Å². The number of ether oxygens (including phenoxy) is 1. The van der Waals surface area contributed by atoms with E-state index < -0.39 is 17.6 Å². The van der Waals surface area contributed by atoms with Crippen molar-refractivity contribution in [2.24, 2.45) is 0 Å². The summed E-state index contributed by atoms with van der Waals surface area (Å²) in [5.41, 5.74) is 0.402. The van der Waals surface area contributed by atoms with Crippen LogP contribution in [-0.2, 0) is 4.74 Å². The van der Waals surface area contributed by atoms with Crippen molar-refractivity contribution in [1.29, 1.82) is 0 Å². The van der Waals surface area contributed by atoms with Gasteiger partial charge in [-0.3, -0.25) is 14.3 Å². The van der Waals surface area contributed by atoms with Crippen molar-refractivity contribution in [3.63, 3.8) is 0 Å². The second kappa shape index (κ2) is 5.66. The first-order chi connectivity index (χ1) is 11.0. The Morgan fingerprint density at radius 2 is 2.09 bits per heavy atom. The van der Waals surface area contributed by atoms with Crippen LogP contribution in [-0.4, -0.2) is 20.6 Å². The van der Waals surface area contributed by atoms with E-state index in [2.05, 4.69) is 4.98 Å². The number of rotatable bonds is 3. The molecule has 2 atom stereocenters. The van der Waals surface area contributed by atoms with E-state index >= 15 is 0 Å². The number of nitrogens with one attached hydrogen (secondary N) is 1. The van der Waals surface area contributed by atoms with E-state index in [-0.39, 0.29) is 22.3 Å². The zero-order valence-corrected chi connectivity index (χ0v) is 13.5. The molecule has 0 saturated heterocycles. The molecular formula is C16H16N2O4S. The molecule has 0 bridgehead atoms. The van der Waals surface area contributed by atoms with Gasteiger partial charge in [0.15, 0.2) is 10.9 Å². The third-order valence-corrected chi connectivity index (χ3v) is 4.43. The molecule has 2 N–H and O–H groups in total. The fourth-order valence-corrected chi connectivity index (χ4v) is 3.10. The normalized spacial score (nSPS) is 17.7. The van der Waals surface area contributed by atoms with Gasteiger partial charge in [0.05, 0.1) is 5.56 Å². The van der Waals surface area contributed by atoms with Crippen molar-refractivity contribution in [2.45, 2.75) is 32.4 Å². The minimum absolute atomic E-state index is 0.00259. The molecule has 0 fully saturated rings. The molecule has 0 aliphatic carbocycles. The van der Waals surface area contributed by atoms with E-state index in [1.807, 2.05) is 13.8 Å². The highest BCUT2D eigenvalue weighted by Crippen LogP contribution is 2.38. The Morgan fingerprint density at radius 1 is 1.39 bits per heavy atom. The molecule has 23 heavy (non-hydrogen) atoms. The van der Waals surface area contributed by atoms with Crippen molar-refractivity contribution in [3.05, 3.63) is 56.1 Å². The molecule has 1 aromatic carbocycles. The fraction of sp³-hybridized carbons (Fsp3) is 0.312. The van der Waals surface area contributed by atoms with Crippen LogP contribution >= 0.6 is 12.2 Å². The zero-order chi connectivity index (χ0) is 16.7. The van der Waals surface area contributed by atoms with Crippen LogP contribution in [0.4, 0.5) is 0 Å². The van der Waals surface area contributed by atoms with Crippen LogP contribution in [0.3, 0.4) is 0 Å². The van der Waals surface area contributed by atoms with Gasteiger partial charge in [0, 0.05) is 11.6 Å². The summed E-state index contributed by atoms with van der Waals surface area (Å²) in [6.45, 7) is 3.83. The molecule has 2 aromatic rings. The first kappa shape index (κ1) is 15.5. The van der Waals surface area contributed by atoms with Gasteiger partial charge in [-0.15, -0.1) is 0 Å². The van der Waals surface area contributed by atoms with Crippen molar-refractivity contribution < 1.29 is 14.6 Å². The van der Waals surface area contributed by atoms with Gasteiger partial charge in [0.1, 0.15) is 5.56 Å². The standard InChI is InChI=1S/C16H16N2O4S/c1-3-8(2)18-14(20)11(13(19)17-16(18)23)12-9-6-4-5-7-10(9)15(21)22-12/h4-8,12,20H,3H2,1-2H3,(H,17,19,23)/t8-,12-/m1/s1. The topological polar surface area (TPSA) is 84.3 Å². The number of cyclic esters (lactones) is 1. The number of hydrogen-bond acceptors (Lipinski definition) is 5. The molecule has 0 amide bonds. The van der Waals surface area contributed by atoms with Crippen LogP contribution in [0.25, 0.3) is 0 Å². The van der Waals surface area contributed by atoms with E-state index in [9.17, 15) is 14.7 Å². The number of carbonyl (C=O) groups is 1. The molecular weight excluding hydrogens is 316 g/mol. The molecule has 6 nitrogen and oxygen atoms in total. The first-order valence-electron chi connectivity index (χ1n) is 7.33. The molecule has 0 unspecified atom stereocenters. The van der Waals surface area contributed by atoms with Gasteiger partial charge in [-0.25, -0.2) is 4.79 Å². The molecule has 1 aliphatic heterocycles. The first-order valence-corrected chi connectivity index (χ1v) is 7.74. The quantitative estimate of drug-likeness (QED) is 0.667. The van der Waals surface area contributed by atoms with E-state index in [0.29, 0.717) is 17.5 Å². The van der Waals surface area contributed by atoms with E-state index in [1.54, 1.807) is 24.3 Å². The fourth-order valence-electron chi connectivity index (χ4n) is 2.74. The number of carbonyl (C=O) groups excluding carboxylic acids is 1. The Labute approximate surface area is 137 Å². The van der Waals surface area contributed by atoms with Crippen LogP contribution in [0.5, 0.6) is 5.88 Å². The summed E-state index contributed by atoms with van der Waals surface area (Å²) in [5.74, 6) is -0.774. The highest BCUT2D eigenvalue weighted by atomic mass is 32.1. The van der Waals surface area contributed by atoms with Crippen LogP contribution in [0.2, 0.25) is 0 Å². The summed E-state index contributed by atoms with van der Waals surface area (Å²) in [6.07, 6.45) is -0.220. The average molecular weight is 332 g/mol. The number of benzene rings is 1. The SMILES string of the molecule is CC[C@@H](C)n1c(O)c([C@@H]2OC(=O)c3ccccc32)c(=O)[nH]c1=S. The predicted molar refractivity (Wildman–Crippen MR) is 86.3 cm³/mol. The lowest BCUT2D eigenvalue weighted by Crippen LogP contribution is -2.23. The number of H-pyrrole nitrogens is 1. The van der Waals surface area contributed by atoms with Gasteiger partial charge in [-0.2, -0.15) is 0 Å². The number of fused-ring (bicyclic) bond motifs is 1. The highest BCUT2D eigenvalue weighted by molar-refractivity contribution is 7.71. The molecule has 1 aliphatic rings. The second-order valence-corrected chi connectivity index (χ2v) is 5.88. The highest BCUT2D eigenvalue weighted by Gasteiger charge is 2.36. The lowest BCUT2D eigenvalue weighted by molar-refractivity contribution is 0.0448. The van der Waals surface area contributed by atoms with Gasteiger partial charge >= 0.3 is 5.97 Å². The summed E-state index contributed by atoms with van der Waals surface area (Å²) >= 11 is 5.14. The number of nitrogens with zero attached hydrogens (tertiary/aromatic N) is 1. The number of hydrogen-bond donors (Lipinski definition) is 2. The molecule has 0 saturated carbocycles. The van der Waals surface area contributed by atoms with Gasteiger partial charge in [0.25, 0.3) is 5.56 Å². The number of esters is 1. The summed E-state index contributed by atoms with van der Waals surface area (Å²) in [4.78, 5) is 26.9. The van der Waals surface area contributed by atoms with Crippen LogP contribution < -0.4 is 5.56 Å². The molecule has 7 heteroatoms. The molecule has 120 valence electrons. The Kier molecular flexibility index (Phi) is 3.81. The lowest BCUT2D eigenvalue weighted by Gasteiger charge is -2.20. The molecule has 3 rings (SSSR count). The maximum Gasteiger partial charge on any atom is 0.339 e. The van der Waals surface area contributed by atoms with E-state index in [4.69, 9.17) is 17.0 Å². The Hall–Kier alpha value is -2.41. The zero-order valence-electron chi connectivity index (χ0n) is 12.7.